The van der Waals surface area contributed by atoms with Gasteiger partial charge in [-0.25, -0.2) is 0 Å². The highest BCUT2D eigenvalue weighted by molar-refractivity contribution is 5.20. The van der Waals surface area contributed by atoms with E-state index in [0.29, 0.717) is 12.0 Å². The van der Waals surface area contributed by atoms with Gasteiger partial charge in [-0.05, 0) is 43.1 Å². The molecule has 2 nitrogen and oxygen atoms in total. The lowest BCUT2D eigenvalue weighted by atomic mass is 9.81. The first-order valence-corrected chi connectivity index (χ1v) is 8.81. The fraction of sp³-hybridized carbons (Fsp3) is 0.684. The molecular weight excluding hydrogens is 258 g/mol. The largest absolute Gasteiger partial charge is 0.393 e. The fourth-order valence-electron chi connectivity index (χ4n) is 4.22. The van der Waals surface area contributed by atoms with Gasteiger partial charge in [-0.1, -0.05) is 56.0 Å². The molecule has 0 aliphatic heterocycles. The van der Waals surface area contributed by atoms with Gasteiger partial charge in [-0.2, -0.15) is 0 Å². The molecule has 2 aliphatic carbocycles. The minimum atomic E-state index is -0.0831. The highest BCUT2D eigenvalue weighted by Gasteiger charge is 2.29. The van der Waals surface area contributed by atoms with Crippen LogP contribution in [0.1, 0.15) is 63.0 Å². The lowest BCUT2D eigenvalue weighted by molar-refractivity contribution is 0.126. The van der Waals surface area contributed by atoms with Crippen LogP contribution in [-0.4, -0.2) is 17.8 Å². The summed E-state index contributed by atoms with van der Waals surface area (Å²) < 4.78 is 0. The number of hydrogen-bond acceptors (Lipinski definition) is 2. The smallest absolute Gasteiger partial charge is 0.0580 e. The van der Waals surface area contributed by atoms with Gasteiger partial charge in [-0.15, -0.1) is 0 Å². The van der Waals surface area contributed by atoms with E-state index in [4.69, 9.17) is 0 Å². The molecule has 21 heavy (non-hydrogen) atoms. The van der Waals surface area contributed by atoms with Gasteiger partial charge in [0.1, 0.15) is 0 Å². The Morgan fingerprint density at radius 1 is 0.952 bits per heavy atom. The summed E-state index contributed by atoms with van der Waals surface area (Å²) in [6.07, 6.45) is 10.1. The van der Waals surface area contributed by atoms with Gasteiger partial charge >= 0.3 is 0 Å². The quantitative estimate of drug-likeness (QED) is 0.856. The monoisotopic (exact) mass is 287 g/mol. The lowest BCUT2D eigenvalue weighted by Crippen LogP contribution is -2.35. The molecule has 0 spiro atoms. The second kappa shape index (κ2) is 7.42. The van der Waals surface area contributed by atoms with E-state index in [1.807, 2.05) is 0 Å². The third-order valence-electron chi connectivity index (χ3n) is 5.50. The van der Waals surface area contributed by atoms with Gasteiger partial charge in [-0.3, -0.25) is 0 Å². The first-order valence-electron chi connectivity index (χ1n) is 8.81. The Morgan fingerprint density at radius 3 is 2.38 bits per heavy atom. The van der Waals surface area contributed by atoms with Crippen LogP contribution in [0.25, 0.3) is 0 Å². The molecule has 2 aliphatic rings. The molecule has 3 unspecified atom stereocenters. The fourth-order valence-corrected chi connectivity index (χ4v) is 4.22. The van der Waals surface area contributed by atoms with Crippen LogP contribution in [0, 0.1) is 11.8 Å². The predicted molar refractivity (Wildman–Crippen MR) is 87.1 cm³/mol. The van der Waals surface area contributed by atoms with Crippen LogP contribution in [0.3, 0.4) is 0 Å². The van der Waals surface area contributed by atoms with Gasteiger partial charge in [0.15, 0.2) is 0 Å². The third-order valence-corrected chi connectivity index (χ3v) is 5.50. The molecular formula is C19H29NO. The second-order valence-electron chi connectivity index (χ2n) is 6.95. The SMILES string of the molecule is OC1CCCC1CNC(c1ccccc1)C1CCCCC1. The molecule has 0 saturated heterocycles. The van der Waals surface area contributed by atoms with Crippen molar-refractivity contribution in [3.63, 3.8) is 0 Å². The second-order valence-corrected chi connectivity index (χ2v) is 6.95. The number of nitrogens with one attached hydrogen (secondary N) is 1. The topological polar surface area (TPSA) is 32.3 Å². The van der Waals surface area contributed by atoms with E-state index in [1.54, 1.807) is 0 Å². The molecule has 0 heterocycles. The number of benzene rings is 1. The lowest BCUT2D eigenvalue weighted by Gasteiger charge is -2.32. The molecule has 3 atom stereocenters. The maximum absolute atomic E-state index is 10.0. The first kappa shape index (κ1) is 15.1. The summed E-state index contributed by atoms with van der Waals surface area (Å²) in [6, 6.07) is 11.4. The van der Waals surface area contributed by atoms with Gasteiger partial charge in [0.2, 0.25) is 0 Å². The molecule has 1 aromatic carbocycles. The summed E-state index contributed by atoms with van der Waals surface area (Å²) in [4.78, 5) is 0. The maximum Gasteiger partial charge on any atom is 0.0580 e. The molecule has 2 saturated carbocycles. The molecule has 2 heteroatoms. The van der Waals surface area contributed by atoms with Crippen molar-refractivity contribution in [2.75, 3.05) is 6.54 Å². The van der Waals surface area contributed by atoms with Crippen molar-refractivity contribution >= 4 is 0 Å². The molecule has 0 bridgehead atoms. The standard InChI is InChI=1S/C19H29NO/c21-18-13-7-12-17(18)14-20-19(15-8-3-1-4-9-15)16-10-5-2-6-11-16/h1,3-4,8-9,16-21H,2,5-7,10-14H2. The van der Waals surface area contributed by atoms with E-state index >= 15 is 0 Å². The van der Waals surface area contributed by atoms with E-state index in [1.165, 1.54) is 50.5 Å². The Balaban J connectivity index is 1.66. The van der Waals surface area contributed by atoms with E-state index in [0.717, 1.165) is 18.9 Å². The summed E-state index contributed by atoms with van der Waals surface area (Å²) in [7, 11) is 0. The van der Waals surface area contributed by atoms with Crippen LogP contribution in [0.2, 0.25) is 0 Å². The van der Waals surface area contributed by atoms with Gasteiger partial charge in [0, 0.05) is 12.6 Å². The molecule has 2 N–H and O–H groups in total. The Morgan fingerprint density at radius 2 is 1.71 bits per heavy atom. The van der Waals surface area contributed by atoms with Crippen molar-refractivity contribution in [1.82, 2.24) is 5.32 Å². The Bertz CT molecular complexity index is 413. The van der Waals surface area contributed by atoms with Crippen molar-refractivity contribution in [1.29, 1.82) is 0 Å². The maximum atomic E-state index is 10.0. The highest BCUT2D eigenvalue weighted by Crippen LogP contribution is 2.35. The summed E-state index contributed by atoms with van der Waals surface area (Å²) in [5, 5.41) is 13.9. The number of aliphatic hydroxyl groups is 1. The van der Waals surface area contributed by atoms with Crippen molar-refractivity contribution < 1.29 is 5.11 Å². The molecule has 0 aromatic heterocycles. The van der Waals surface area contributed by atoms with E-state index in [9.17, 15) is 5.11 Å². The molecule has 116 valence electrons. The van der Waals surface area contributed by atoms with Gasteiger partial charge in [0.25, 0.3) is 0 Å². The van der Waals surface area contributed by atoms with Crippen molar-refractivity contribution in [2.24, 2.45) is 11.8 Å². The Kier molecular flexibility index (Phi) is 5.32. The summed E-state index contributed by atoms with van der Waals surface area (Å²) in [5.74, 6) is 1.22. The zero-order chi connectivity index (χ0) is 14.5. The molecule has 3 rings (SSSR count). The van der Waals surface area contributed by atoms with Crippen molar-refractivity contribution in [2.45, 2.75) is 63.5 Å². The molecule has 0 radical (unpaired) electrons. The zero-order valence-corrected chi connectivity index (χ0v) is 13.0. The van der Waals surface area contributed by atoms with Gasteiger partial charge in [0.05, 0.1) is 6.10 Å². The highest BCUT2D eigenvalue weighted by atomic mass is 16.3. The molecule has 0 amide bonds. The molecule has 1 aromatic rings. The predicted octanol–water partition coefficient (Wildman–Crippen LogP) is 4.06. The average Bonchev–Trinajstić information content (AvgIpc) is 2.95. The van der Waals surface area contributed by atoms with E-state index < -0.39 is 0 Å². The third kappa shape index (κ3) is 3.87. The minimum absolute atomic E-state index is 0.0831. The van der Waals surface area contributed by atoms with Crippen LogP contribution in [0.5, 0.6) is 0 Å². The van der Waals surface area contributed by atoms with Crippen LogP contribution in [0.15, 0.2) is 30.3 Å². The number of aliphatic hydroxyl groups excluding tert-OH is 1. The van der Waals surface area contributed by atoms with Crippen LogP contribution >= 0.6 is 0 Å². The van der Waals surface area contributed by atoms with Crippen LogP contribution in [-0.2, 0) is 0 Å². The van der Waals surface area contributed by atoms with Crippen molar-refractivity contribution in [3.8, 4) is 0 Å². The summed E-state index contributed by atoms with van der Waals surface area (Å²) in [5.41, 5.74) is 1.43. The van der Waals surface area contributed by atoms with Gasteiger partial charge < -0.3 is 10.4 Å². The number of hydrogen-bond donors (Lipinski definition) is 2. The molecule has 2 fully saturated rings. The average molecular weight is 287 g/mol. The minimum Gasteiger partial charge on any atom is -0.393 e. The van der Waals surface area contributed by atoms with Crippen molar-refractivity contribution in [3.05, 3.63) is 35.9 Å². The first-order chi connectivity index (χ1) is 10.3. The Labute approximate surface area is 129 Å². The van der Waals surface area contributed by atoms with E-state index in [-0.39, 0.29) is 6.10 Å². The Hall–Kier alpha value is -0.860. The zero-order valence-electron chi connectivity index (χ0n) is 13.0. The number of rotatable bonds is 5. The normalized spacial score (nSPS) is 28.6. The van der Waals surface area contributed by atoms with Crippen LogP contribution in [0.4, 0.5) is 0 Å². The summed E-state index contributed by atoms with van der Waals surface area (Å²) in [6.45, 7) is 0.969. The van der Waals surface area contributed by atoms with E-state index in [2.05, 4.69) is 35.6 Å². The van der Waals surface area contributed by atoms with Crippen LogP contribution < -0.4 is 5.32 Å². The summed E-state index contributed by atoms with van der Waals surface area (Å²) >= 11 is 0.